The molecular formula is C12H13F3N2O2. The van der Waals surface area contributed by atoms with E-state index in [-0.39, 0.29) is 17.5 Å². The molecule has 19 heavy (non-hydrogen) atoms. The smallest absolute Gasteiger partial charge is 0.327 e. The van der Waals surface area contributed by atoms with Crippen LogP contribution in [0.4, 0.5) is 18.9 Å². The average molecular weight is 274 g/mol. The lowest BCUT2D eigenvalue weighted by atomic mass is 10.1. The number of halogens is 3. The van der Waals surface area contributed by atoms with Gasteiger partial charge in [0.25, 0.3) is 5.56 Å². The SMILES string of the molecule is O=C(Nc1cc(C(F)(F)F)c[nH]c1=O)C1CCCC1. The Balaban J connectivity index is 2.19. The van der Waals surface area contributed by atoms with E-state index in [1.165, 1.54) is 0 Å². The number of carbonyl (C=O) groups excluding carboxylic acids is 1. The number of aromatic amines is 1. The molecule has 2 N–H and O–H groups in total. The topological polar surface area (TPSA) is 62.0 Å². The van der Waals surface area contributed by atoms with Gasteiger partial charge in [0.2, 0.25) is 5.91 Å². The number of pyridine rings is 1. The molecule has 7 heteroatoms. The molecule has 0 bridgehead atoms. The molecule has 1 amide bonds. The van der Waals surface area contributed by atoms with Crippen molar-refractivity contribution in [2.24, 2.45) is 5.92 Å². The zero-order chi connectivity index (χ0) is 14.0. The van der Waals surface area contributed by atoms with Gasteiger partial charge < -0.3 is 10.3 Å². The highest BCUT2D eigenvalue weighted by molar-refractivity contribution is 5.92. The molecule has 1 aliphatic rings. The highest BCUT2D eigenvalue weighted by Gasteiger charge is 2.32. The van der Waals surface area contributed by atoms with Crippen LogP contribution in [0.3, 0.4) is 0 Å². The maximum Gasteiger partial charge on any atom is 0.417 e. The van der Waals surface area contributed by atoms with Crippen LogP contribution in [0.1, 0.15) is 31.2 Å². The lowest BCUT2D eigenvalue weighted by Gasteiger charge is -2.11. The van der Waals surface area contributed by atoms with Crippen LogP contribution in [-0.2, 0) is 11.0 Å². The van der Waals surface area contributed by atoms with Gasteiger partial charge in [0.05, 0.1) is 5.56 Å². The normalized spacial score (nSPS) is 16.6. The third kappa shape index (κ3) is 3.15. The zero-order valence-electron chi connectivity index (χ0n) is 10.0. The summed E-state index contributed by atoms with van der Waals surface area (Å²) in [6.07, 6.45) is -0.690. The van der Waals surface area contributed by atoms with E-state index in [0.717, 1.165) is 12.8 Å². The molecular weight excluding hydrogens is 261 g/mol. The number of anilines is 1. The summed E-state index contributed by atoms with van der Waals surface area (Å²) in [5, 5.41) is 2.28. The highest BCUT2D eigenvalue weighted by atomic mass is 19.4. The number of hydrogen-bond donors (Lipinski definition) is 2. The van der Waals surface area contributed by atoms with Crippen LogP contribution in [-0.4, -0.2) is 10.9 Å². The van der Waals surface area contributed by atoms with Gasteiger partial charge in [-0.3, -0.25) is 9.59 Å². The second kappa shape index (κ2) is 5.07. The molecule has 104 valence electrons. The molecule has 1 aromatic rings. The van der Waals surface area contributed by atoms with Crippen LogP contribution < -0.4 is 10.9 Å². The van der Waals surface area contributed by atoms with E-state index in [1.54, 1.807) is 0 Å². The lowest BCUT2D eigenvalue weighted by Crippen LogP contribution is -2.25. The second-order valence-corrected chi connectivity index (χ2v) is 4.60. The predicted molar refractivity (Wildman–Crippen MR) is 62.7 cm³/mol. The van der Waals surface area contributed by atoms with Gasteiger partial charge in [-0.25, -0.2) is 0 Å². The predicted octanol–water partition coefficient (Wildman–Crippen LogP) is 2.52. The third-order valence-electron chi connectivity index (χ3n) is 3.21. The van der Waals surface area contributed by atoms with Crippen molar-refractivity contribution in [1.29, 1.82) is 0 Å². The van der Waals surface area contributed by atoms with Gasteiger partial charge in [0.15, 0.2) is 0 Å². The summed E-state index contributed by atoms with van der Waals surface area (Å²) in [5.74, 6) is -0.601. The van der Waals surface area contributed by atoms with E-state index in [4.69, 9.17) is 0 Å². The molecule has 0 aromatic carbocycles. The van der Waals surface area contributed by atoms with Crippen LogP contribution in [0.15, 0.2) is 17.1 Å². The molecule has 1 aromatic heterocycles. The number of H-pyrrole nitrogens is 1. The Labute approximate surface area is 107 Å². The standard InChI is InChI=1S/C12H13F3N2O2/c13-12(14,15)8-5-9(11(19)16-6-8)17-10(18)7-3-1-2-4-7/h5-7H,1-4H2,(H,16,19)(H,17,18). The Morgan fingerprint density at radius 2 is 1.95 bits per heavy atom. The monoisotopic (exact) mass is 274 g/mol. The van der Waals surface area contributed by atoms with E-state index in [9.17, 15) is 22.8 Å². The average Bonchev–Trinajstić information content (AvgIpc) is 2.84. The van der Waals surface area contributed by atoms with Crippen LogP contribution >= 0.6 is 0 Å². The largest absolute Gasteiger partial charge is 0.417 e. The molecule has 1 saturated carbocycles. The molecule has 1 fully saturated rings. The summed E-state index contributed by atoms with van der Waals surface area (Å²) in [7, 11) is 0. The Hall–Kier alpha value is -1.79. The van der Waals surface area contributed by atoms with E-state index in [1.807, 2.05) is 4.98 Å². The second-order valence-electron chi connectivity index (χ2n) is 4.60. The van der Waals surface area contributed by atoms with Crippen molar-refractivity contribution >= 4 is 11.6 Å². The van der Waals surface area contributed by atoms with E-state index in [0.29, 0.717) is 25.1 Å². The highest BCUT2D eigenvalue weighted by Crippen LogP contribution is 2.30. The van der Waals surface area contributed by atoms with Crippen molar-refractivity contribution in [3.8, 4) is 0 Å². The van der Waals surface area contributed by atoms with Gasteiger partial charge in [0, 0.05) is 12.1 Å². The summed E-state index contributed by atoms with van der Waals surface area (Å²) in [4.78, 5) is 25.2. The molecule has 0 atom stereocenters. The summed E-state index contributed by atoms with van der Waals surface area (Å²) in [6, 6.07) is 0.658. The summed E-state index contributed by atoms with van der Waals surface area (Å²) >= 11 is 0. The van der Waals surface area contributed by atoms with Crippen LogP contribution in [0.2, 0.25) is 0 Å². The van der Waals surface area contributed by atoms with Crippen LogP contribution in [0.25, 0.3) is 0 Å². The quantitative estimate of drug-likeness (QED) is 0.870. The maximum atomic E-state index is 12.5. The Bertz CT molecular complexity index is 531. The number of amides is 1. The van der Waals surface area contributed by atoms with Crippen LogP contribution in [0.5, 0.6) is 0 Å². The number of alkyl halides is 3. The van der Waals surface area contributed by atoms with Gasteiger partial charge in [-0.2, -0.15) is 13.2 Å². The van der Waals surface area contributed by atoms with Crippen molar-refractivity contribution in [3.63, 3.8) is 0 Å². The van der Waals surface area contributed by atoms with Crippen molar-refractivity contribution < 1.29 is 18.0 Å². The third-order valence-corrected chi connectivity index (χ3v) is 3.21. The molecule has 4 nitrogen and oxygen atoms in total. The number of carbonyl (C=O) groups is 1. The molecule has 1 aliphatic carbocycles. The Kier molecular flexibility index (Phi) is 3.64. The first-order valence-corrected chi connectivity index (χ1v) is 5.99. The van der Waals surface area contributed by atoms with E-state index >= 15 is 0 Å². The molecule has 2 rings (SSSR count). The Morgan fingerprint density at radius 3 is 2.53 bits per heavy atom. The van der Waals surface area contributed by atoms with Gasteiger partial charge in [-0.05, 0) is 18.9 Å². The van der Waals surface area contributed by atoms with E-state index in [2.05, 4.69) is 5.32 Å². The van der Waals surface area contributed by atoms with Gasteiger partial charge in [-0.1, -0.05) is 12.8 Å². The molecule has 0 radical (unpaired) electrons. The molecule has 0 unspecified atom stereocenters. The first-order chi connectivity index (χ1) is 8.88. The number of rotatable bonds is 2. The summed E-state index contributed by atoms with van der Waals surface area (Å²) in [5.41, 5.74) is -2.08. The Morgan fingerprint density at radius 1 is 1.32 bits per heavy atom. The maximum absolute atomic E-state index is 12.5. The van der Waals surface area contributed by atoms with Gasteiger partial charge >= 0.3 is 6.18 Å². The minimum absolute atomic E-state index is 0.214. The first kappa shape index (κ1) is 13.6. The lowest BCUT2D eigenvalue weighted by molar-refractivity contribution is -0.137. The van der Waals surface area contributed by atoms with Crippen molar-refractivity contribution in [2.45, 2.75) is 31.9 Å². The van der Waals surface area contributed by atoms with E-state index < -0.39 is 17.3 Å². The molecule has 0 saturated heterocycles. The summed E-state index contributed by atoms with van der Waals surface area (Å²) < 4.78 is 37.5. The fourth-order valence-electron chi connectivity index (χ4n) is 2.16. The molecule has 0 spiro atoms. The van der Waals surface area contributed by atoms with Crippen molar-refractivity contribution in [1.82, 2.24) is 4.98 Å². The summed E-state index contributed by atoms with van der Waals surface area (Å²) in [6.45, 7) is 0. The van der Waals surface area contributed by atoms with Gasteiger partial charge in [0.1, 0.15) is 5.69 Å². The number of hydrogen-bond acceptors (Lipinski definition) is 2. The van der Waals surface area contributed by atoms with Crippen molar-refractivity contribution in [3.05, 3.63) is 28.2 Å². The number of nitrogens with one attached hydrogen (secondary N) is 2. The molecule has 0 aliphatic heterocycles. The number of aromatic nitrogens is 1. The van der Waals surface area contributed by atoms with Crippen molar-refractivity contribution in [2.75, 3.05) is 5.32 Å². The minimum Gasteiger partial charge on any atom is -0.327 e. The first-order valence-electron chi connectivity index (χ1n) is 5.99. The fraction of sp³-hybridized carbons (Fsp3) is 0.500. The zero-order valence-corrected chi connectivity index (χ0v) is 10.0. The minimum atomic E-state index is -4.56. The van der Waals surface area contributed by atoms with Gasteiger partial charge in [-0.15, -0.1) is 0 Å². The molecule has 1 heterocycles. The van der Waals surface area contributed by atoms with Crippen LogP contribution in [0, 0.1) is 5.92 Å². The fourth-order valence-corrected chi connectivity index (χ4v) is 2.16.